The van der Waals surface area contributed by atoms with Gasteiger partial charge in [-0.15, -0.1) is 0 Å². The molecule has 1 heterocycles. The van der Waals surface area contributed by atoms with E-state index in [0.29, 0.717) is 6.54 Å². The highest BCUT2D eigenvalue weighted by Gasteiger charge is 2.19. The Morgan fingerprint density at radius 2 is 2.19 bits per heavy atom. The molecule has 0 aromatic carbocycles. The third-order valence-corrected chi connectivity index (χ3v) is 2.65. The maximum absolute atomic E-state index is 11.8. The van der Waals surface area contributed by atoms with Crippen LogP contribution in [0.15, 0.2) is 4.52 Å². The largest absolute Gasteiger partial charge is 0.372 e. The lowest BCUT2D eigenvalue weighted by atomic mass is 10.2. The van der Waals surface area contributed by atoms with Crippen molar-refractivity contribution in [1.29, 1.82) is 0 Å². The Morgan fingerprint density at radius 1 is 1.56 bits per heavy atom. The number of methoxy groups -OCH3 is 1. The third-order valence-electron chi connectivity index (χ3n) is 2.65. The summed E-state index contributed by atoms with van der Waals surface area (Å²) < 4.78 is 10.0. The second-order valence-corrected chi connectivity index (χ2v) is 3.87. The van der Waals surface area contributed by atoms with E-state index in [-0.39, 0.29) is 5.91 Å². The molecule has 0 radical (unpaired) electrons. The van der Waals surface area contributed by atoms with Crippen LogP contribution in [0.5, 0.6) is 0 Å². The molecule has 1 amide bonds. The minimum atomic E-state index is -0.425. The summed E-state index contributed by atoms with van der Waals surface area (Å²) in [5.74, 6) is 0.699. The van der Waals surface area contributed by atoms with E-state index in [1.807, 2.05) is 13.8 Å². The summed E-state index contributed by atoms with van der Waals surface area (Å²) in [6.45, 7) is 5.93. The molecule has 0 saturated carbocycles. The number of carbonyl (C=O) groups is 1. The summed E-state index contributed by atoms with van der Waals surface area (Å²) in [5.41, 5.74) is 1.78. The molecule has 1 aromatic rings. The lowest BCUT2D eigenvalue weighted by Crippen LogP contribution is -2.35. The van der Waals surface area contributed by atoms with Crippen LogP contribution >= 0.6 is 0 Å². The van der Waals surface area contributed by atoms with Crippen molar-refractivity contribution in [3.05, 3.63) is 17.0 Å². The number of carbonyl (C=O) groups excluding carboxylic acids is 1. The van der Waals surface area contributed by atoms with Gasteiger partial charge in [0.25, 0.3) is 5.91 Å². The second-order valence-electron chi connectivity index (χ2n) is 3.87. The molecule has 1 aromatic heterocycles. The Labute approximate surface area is 95.4 Å². The van der Waals surface area contributed by atoms with Crippen LogP contribution in [0, 0.1) is 13.8 Å². The number of ether oxygens (including phenoxy) is 1. The lowest BCUT2D eigenvalue weighted by Gasteiger charge is -2.20. The van der Waals surface area contributed by atoms with Crippen molar-refractivity contribution >= 4 is 5.91 Å². The van der Waals surface area contributed by atoms with Crippen LogP contribution in [-0.2, 0) is 16.1 Å². The Kier molecular flexibility index (Phi) is 4.06. The molecular formula is C11H18N2O3. The van der Waals surface area contributed by atoms with Crippen LogP contribution in [0.25, 0.3) is 0 Å². The van der Waals surface area contributed by atoms with Crippen molar-refractivity contribution in [1.82, 2.24) is 10.1 Å². The fraction of sp³-hybridized carbons (Fsp3) is 0.636. The van der Waals surface area contributed by atoms with E-state index in [9.17, 15) is 4.79 Å². The second kappa shape index (κ2) is 5.12. The van der Waals surface area contributed by atoms with Gasteiger partial charge in [-0.2, -0.15) is 0 Å². The molecule has 1 atom stereocenters. The van der Waals surface area contributed by atoms with Gasteiger partial charge >= 0.3 is 0 Å². The number of hydrogen-bond donors (Lipinski definition) is 0. The molecule has 90 valence electrons. The summed E-state index contributed by atoms with van der Waals surface area (Å²) in [4.78, 5) is 13.4. The molecule has 0 fully saturated rings. The highest BCUT2D eigenvalue weighted by Crippen LogP contribution is 2.14. The van der Waals surface area contributed by atoms with Gasteiger partial charge in [0.05, 0.1) is 12.2 Å². The van der Waals surface area contributed by atoms with Crippen LogP contribution in [0.1, 0.15) is 23.9 Å². The average Bonchev–Trinajstić information content (AvgIpc) is 2.58. The van der Waals surface area contributed by atoms with E-state index in [1.165, 1.54) is 7.11 Å². The van der Waals surface area contributed by atoms with E-state index >= 15 is 0 Å². The van der Waals surface area contributed by atoms with Crippen molar-refractivity contribution in [3.8, 4) is 0 Å². The third kappa shape index (κ3) is 2.61. The number of aryl methyl sites for hydroxylation is 2. The average molecular weight is 226 g/mol. The van der Waals surface area contributed by atoms with Gasteiger partial charge in [0, 0.05) is 19.7 Å². The Bertz CT molecular complexity index is 354. The zero-order valence-corrected chi connectivity index (χ0v) is 10.4. The molecule has 5 heteroatoms. The number of hydrogen-bond acceptors (Lipinski definition) is 4. The molecule has 0 N–H and O–H groups in total. The minimum absolute atomic E-state index is 0.0532. The van der Waals surface area contributed by atoms with Crippen molar-refractivity contribution < 1.29 is 14.1 Å². The molecule has 5 nitrogen and oxygen atoms in total. The highest BCUT2D eigenvalue weighted by molar-refractivity contribution is 5.80. The van der Waals surface area contributed by atoms with Crippen molar-refractivity contribution in [2.45, 2.75) is 33.4 Å². The van der Waals surface area contributed by atoms with Gasteiger partial charge in [-0.3, -0.25) is 4.79 Å². The van der Waals surface area contributed by atoms with Gasteiger partial charge in [-0.1, -0.05) is 5.16 Å². The normalized spacial score (nSPS) is 12.6. The summed E-state index contributed by atoms with van der Waals surface area (Å²) in [6.07, 6.45) is -0.425. The molecule has 0 bridgehead atoms. The van der Waals surface area contributed by atoms with E-state index in [4.69, 9.17) is 9.26 Å². The van der Waals surface area contributed by atoms with Gasteiger partial charge < -0.3 is 14.2 Å². The Balaban J connectivity index is 2.71. The maximum atomic E-state index is 11.8. The van der Waals surface area contributed by atoms with Gasteiger partial charge in [-0.05, 0) is 20.8 Å². The molecule has 0 aliphatic rings. The Hall–Kier alpha value is -1.36. The zero-order chi connectivity index (χ0) is 12.3. The van der Waals surface area contributed by atoms with Gasteiger partial charge in [-0.25, -0.2) is 0 Å². The summed E-state index contributed by atoms with van der Waals surface area (Å²) in [7, 11) is 3.26. The van der Waals surface area contributed by atoms with E-state index in [2.05, 4.69) is 5.16 Å². The number of amides is 1. The van der Waals surface area contributed by atoms with Gasteiger partial charge in [0.15, 0.2) is 0 Å². The first-order chi connectivity index (χ1) is 7.47. The fourth-order valence-electron chi connectivity index (χ4n) is 1.45. The van der Waals surface area contributed by atoms with Crippen LogP contribution in [0.3, 0.4) is 0 Å². The molecule has 1 unspecified atom stereocenters. The van der Waals surface area contributed by atoms with Crippen LogP contribution in [0.4, 0.5) is 0 Å². The first-order valence-corrected chi connectivity index (χ1v) is 5.17. The SMILES string of the molecule is COC(C)C(=O)N(C)Cc1c(C)noc1C. The predicted octanol–water partition coefficient (Wildman–Crippen LogP) is 1.28. The van der Waals surface area contributed by atoms with Gasteiger partial charge in [0.2, 0.25) is 0 Å². The quantitative estimate of drug-likeness (QED) is 0.776. The molecule has 1 rings (SSSR count). The van der Waals surface area contributed by atoms with Crippen LogP contribution in [0.2, 0.25) is 0 Å². The standard InChI is InChI=1S/C11H18N2O3/c1-7-10(8(2)16-12-7)6-13(4)11(14)9(3)15-5/h9H,6H2,1-5H3. The topological polar surface area (TPSA) is 55.6 Å². The molecule has 0 saturated heterocycles. The molecule has 16 heavy (non-hydrogen) atoms. The Morgan fingerprint density at radius 3 is 2.62 bits per heavy atom. The minimum Gasteiger partial charge on any atom is -0.372 e. The van der Waals surface area contributed by atoms with E-state index in [0.717, 1.165) is 17.0 Å². The zero-order valence-electron chi connectivity index (χ0n) is 10.4. The highest BCUT2D eigenvalue weighted by atomic mass is 16.5. The van der Waals surface area contributed by atoms with Crippen LogP contribution in [-0.4, -0.2) is 36.2 Å². The fourth-order valence-corrected chi connectivity index (χ4v) is 1.45. The number of nitrogens with zero attached hydrogens (tertiary/aromatic N) is 2. The van der Waals surface area contributed by atoms with Gasteiger partial charge in [0.1, 0.15) is 11.9 Å². The number of aromatic nitrogens is 1. The lowest BCUT2D eigenvalue weighted by molar-refractivity contribution is -0.140. The first kappa shape index (κ1) is 12.7. The smallest absolute Gasteiger partial charge is 0.251 e. The number of likely N-dealkylation sites (N-methyl/N-ethyl adjacent to an activating group) is 1. The molecule has 0 aliphatic carbocycles. The van der Waals surface area contributed by atoms with Crippen molar-refractivity contribution in [2.75, 3.05) is 14.2 Å². The summed E-state index contributed by atoms with van der Waals surface area (Å²) in [5, 5.41) is 3.85. The first-order valence-electron chi connectivity index (χ1n) is 5.17. The van der Waals surface area contributed by atoms with Crippen LogP contribution < -0.4 is 0 Å². The monoisotopic (exact) mass is 226 g/mol. The molecule has 0 aliphatic heterocycles. The summed E-state index contributed by atoms with van der Waals surface area (Å²) in [6, 6.07) is 0. The van der Waals surface area contributed by atoms with Crippen molar-refractivity contribution in [3.63, 3.8) is 0 Å². The van der Waals surface area contributed by atoms with E-state index < -0.39 is 6.10 Å². The maximum Gasteiger partial charge on any atom is 0.251 e. The number of rotatable bonds is 4. The molecular weight excluding hydrogens is 208 g/mol. The summed E-state index contributed by atoms with van der Waals surface area (Å²) >= 11 is 0. The predicted molar refractivity (Wildman–Crippen MR) is 58.9 cm³/mol. The molecule has 0 spiro atoms. The van der Waals surface area contributed by atoms with Crippen molar-refractivity contribution in [2.24, 2.45) is 0 Å². The van der Waals surface area contributed by atoms with E-state index in [1.54, 1.807) is 18.9 Å².